The first-order chi connectivity index (χ1) is 8.95. The maximum absolute atomic E-state index is 11.9. The van der Waals surface area contributed by atoms with Crippen LogP contribution in [0.5, 0.6) is 0 Å². The van der Waals surface area contributed by atoms with Crippen LogP contribution in [0.15, 0.2) is 12.4 Å². The van der Waals surface area contributed by atoms with Crippen molar-refractivity contribution in [1.29, 1.82) is 0 Å². The van der Waals surface area contributed by atoms with Crippen LogP contribution in [0, 0.1) is 6.92 Å². The van der Waals surface area contributed by atoms with Gasteiger partial charge in [-0.2, -0.15) is 5.10 Å². The predicted molar refractivity (Wildman–Crippen MR) is 66.3 cm³/mol. The fraction of sp³-hybridized carbons (Fsp3) is 0.300. The van der Waals surface area contributed by atoms with Crippen molar-refractivity contribution in [2.45, 2.75) is 20.4 Å². The van der Waals surface area contributed by atoms with E-state index in [2.05, 4.69) is 20.7 Å². The Labute approximate surface area is 108 Å². The zero-order chi connectivity index (χ0) is 14.0. The van der Waals surface area contributed by atoms with Gasteiger partial charge in [-0.15, -0.1) is 5.10 Å². The van der Waals surface area contributed by atoms with Crippen molar-refractivity contribution in [2.24, 2.45) is 0 Å². The monoisotopic (exact) mass is 263 g/mol. The van der Waals surface area contributed by atoms with Gasteiger partial charge in [0.1, 0.15) is 6.54 Å². The van der Waals surface area contributed by atoms with Crippen molar-refractivity contribution in [1.82, 2.24) is 24.8 Å². The van der Waals surface area contributed by atoms with E-state index in [1.807, 2.05) is 0 Å². The highest BCUT2D eigenvalue weighted by Gasteiger charge is 2.11. The molecule has 9 nitrogen and oxygen atoms in total. The number of anilines is 2. The van der Waals surface area contributed by atoms with Crippen molar-refractivity contribution >= 4 is 23.3 Å². The number of aromatic nitrogens is 5. The van der Waals surface area contributed by atoms with Crippen LogP contribution < -0.4 is 11.1 Å². The Morgan fingerprint density at radius 2 is 2.16 bits per heavy atom. The van der Waals surface area contributed by atoms with Crippen LogP contribution in [0.4, 0.5) is 11.5 Å². The van der Waals surface area contributed by atoms with Gasteiger partial charge in [0.05, 0.1) is 23.8 Å². The van der Waals surface area contributed by atoms with Crippen LogP contribution >= 0.6 is 0 Å². The Bertz CT molecular complexity index is 608. The van der Waals surface area contributed by atoms with Crippen LogP contribution in [-0.4, -0.2) is 36.6 Å². The largest absolute Gasteiger partial charge is 0.396 e. The van der Waals surface area contributed by atoms with Crippen molar-refractivity contribution in [3.63, 3.8) is 0 Å². The molecule has 0 aromatic carbocycles. The number of amides is 1. The molecule has 0 unspecified atom stereocenters. The van der Waals surface area contributed by atoms with Gasteiger partial charge in [-0.3, -0.25) is 9.59 Å². The lowest BCUT2D eigenvalue weighted by molar-refractivity contribution is -0.114. The molecule has 0 saturated heterocycles. The van der Waals surface area contributed by atoms with E-state index in [4.69, 9.17) is 5.73 Å². The van der Waals surface area contributed by atoms with Gasteiger partial charge in [0.15, 0.2) is 5.82 Å². The van der Waals surface area contributed by atoms with Crippen LogP contribution in [0.3, 0.4) is 0 Å². The highest BCUT2D eigenvalue weighted by atomic mass is 16.2. The van der Waals surface area contributed by atoms with E-state index >= 15 is 0 Å². The molecule has 2 heterocycles. The third-order valence-electron chi connectivity index (χ3n) is 2.33. The molecule has 0 atom stereocenters. The number of nitrogens with one attached hydrogen (secondary N) is 1. The summed E-state index contributed by atoms with van der Waals surface area (Å²) in [5.41, 5.74) is 6.65. The number of carbonyl (C=O) groups is 2. The van der Waals surface area contributed by atoms with Gasteiger partial charge in [0, 0.05) is 6.92 Å². The molecule has 0 aliphatic rings. The standard InChI is InChI=1S/C10H13N7O2/c1-6-8(11)3-17(14-6)10(19)5-16-4-9(13-15-16)12-7(2)18/h3-4H,5,11H2,1-2H3,(H,12,18). The third-order valence-corrected chi connectivity index (χ3v) is 2.33. The van der Waals surface area contributed by atoms with Crippen molar-refractivity contribution in [3.8, 4) is 0 Å². The van der Waals surface area contributed by atoms with Gasteiger partial charge in [-0.05, 0) is 6.92 Å². The maximum atomic E-state index is 11.9. The minimum atomic E-state index is -0.306. The van der Waals surface area contributed by atoms with Crippen LogP contribution in [0.2, 0.25) is 0 Å². The van der Waals surface area contributed by atoms with Crippen molar-refractivity contribution in [3.05, 3.63) is 18.1 Å². The van der Waals surface area contributed by atoms with E-state index in [1.54, 1.807) is 6.92 Å². The molecule has 100 valence electrons. The van der Waals surface area contributed by atoms with Crippen LogP contribution in [0.1, 0.15) is 17.4 Å². The maximum Gasteiger partial charge on any atom is 0.268 e. The van der Waals surface area contributed by atoms with Gasteiger partial charge in [0.2, 0.25) is 5.91 Å². The fourth-order valence-corrected chi connectivity index (χ4v) is 1.43. The third kappa shape index (κ3) is 2.94. The number of nitrogens with zero attached hydrogens (tertiary/aromatic N) is 5. The zero-order valence-corrected chi connectivity index (χ0v) is 10.5. The van der Waals surface area contributed by atoms with Crippen molar-refractivity contribution in [2.75, 3.05) is 11.1 Å². The number of nitrogen functional groups attached to an aromatic ring is 1. The summed E-state index contributed by atoms with van der Waals surface area (Å²) in [6, 6.07) is 0. The van der Waals surface area contributed by atoms with Gasteiger partial charge in [-0.1, -0.05) is 5.21 Å². The molecule has 0 spiro atoms. The molecule has 0 bridgehead atoms. The van der Waals surface area contributed by atoms with E-state index in [0.29, 0.717) is 11.4 Å². The van der Waals surface area contributed by atoms with Gasteiger partial charge in [-0.25, -0.2) is 9.36 Å². The molecule has 0 aliphatic heterocycles. The minimum absolute atomic E-state index is 0.0485. The molecule has 2 aromatic rings. The minimum Gasteiger partial charge on any atom is -0.396 e. The predicted octanol–water partition coefficient (Wildman–Crippen LogP) is -0.336. The molecule has 2 rings (SSSR count). The SMILES string of the molecule is CC(=O)Nc1cn(CC(=O)n2cc(N)c(C)n2)nn1. The van der Waals surface area contributed by atoms with Gasteiger partial charge in [0.25, 0.3) is 5.91 Å². The average Bonchev–Trinajstić information content (AvgIpc) is 2.86. The molecule has 0 aliphatic carbocycles. The molecular formula is C10H13N7O2. The molecule has 0 radical (unpaired) electrons. The molecule has 0 saturated carbocycles. The van der Waals surface area contributed by atoms with E-state index in [9.17, 15) is 9.59 Å². The first-order valence-corrected chi connectivity index (χ1v) is 5.48. The molecule has 3 N–H and O–H groups in total. The molecule has 0 fully saturated rings. The zero-order valence-electron chi connectivity index (χ0n) is 10.5. The lowest BCUT2D eigenvalue weighted by atomic mass is 10.4. The average molecular weight is 263 g/mol. The molecular weight excluding hydrogens is 250 g/mol. The van der Waals surface area contributed by atoms with Gasteiger partial charge < -0.3 is 11.1 Å². The Kier molecular flexibility index (Phi) is 3.27. The Hall–Kier alpha value is -2.71. The number of carbonyl (C=O) groups excluding carboxylic acids is 2. The lowest BCUT2D eigenvalue weighted by Gasteiger charge is -1.99. The first-order valence-electron chi connectivity index (χ1n) is 5.48. The summed E-state index contributed by atoms with van der Waals surface area (Å²) in [6.45, 7) is 3.02. The fourth-order valence-electron chi connectivity index (χ4n) is 1.43. The van der Waals surface area contributed by atoms with Gasteiger partial charge >= 0.3 is 0 Å². The van der Waals surface area contributed by atoms with Crippen LogP contribution in [0.25, 0.3) is 0 Å². The second-order valence-electron chi connectivity index (χ2n) is 3.99. The van der Waals surface area contributed by atoms with E-state index in [-0.39, 0.29) is 24.2 Å². The highest BCUT2D eigenvalue weighted by molar-refractivity contribution is 5.87. The number of hydrogen-bond acceptors (Lipinski definition) is 6. The summed E-state index contributed by atoms with van der Waals surface area (Å²) < 4.78 is 2.46. The van der Waals surface area contributed by atoms with E-state index in [1.165, 1.54) is 24.0 Å². The number of rotatable bonds is 3. The quantitative estimate of drug-likeness (QED) is 0.781. The summed E-state index contributed by atoms with van der Waals surface area (Å²) in [6.07, 6.45) is 2.91. The summed E-state index contributed by atoms with van der Waals surface area (Å²) in [5, 5.41) is 13.9. The highest BCUT2D eigenvalue weighted by Crippen LogP contribution is 2.07. The Morgan fingerprint density at radius 1 is 1.42 bits per heavy atom. The van der Waals surface area contributed by atoms with E-state index < -0.39 is 0 Å². The lowest BCUT2D eigenvalue weighted by Crippen LogP contribution is -2.18. The Balaban J connectivity index is 2.06. The van der Waals surface area contributed by atoms with E-state index in [0.717, 1.165) is 4.68 Å². The summed E-state index contributed by atoms with van der Waals surface area (Å²) in [5.74, 6) is -0.274. The number of hydrogen-bond donors (Lipinski definition) is 2. The molecule has 9 heteroatoms. The Morgan fingerprint density at radius 3 is 2.74 bits per heavy atom. The number of nitrogens with two attached hydrogens (primary N) is 1. The number of aryl methyl sites for hydroxylation is 1. The normalized spacial score (nSPS) is 10.4. The summed E-state index contributed by atoms with van der Waals surface area (Å²) in [4.78, 5) is 22.7. The summed E-state index contributed by atoms with van der Waals surface area (Å²) >= 11 is 0. The second kappa shape index (κ2) is 4.88. The summed E-state index contributed by atoms with van der Waals surface area (Å²) in [7, 11) is 0. The molecule has 1 amide bonds. The first kappa shape index (κ1) is 12.7. The molecule has 19 heavy (non-hydrogen) atoms. The smallest absolute Gasteiger partial charge is 0.268 e. The van der Waals surface area contributed by atoms with Crippen molar-refractivity contribution < 1.29 is 9.59 Å². The molecule has 2 aromatic heterocycles. The second-order valence-corrected chi connectivity index (χ2v) is 3.99. The topological polar surface area (TPSA) is 121 Å². The van der Waals surface area contributed by atoms with Crippen LogP contribution in [-0.2, 0) is 11.3 Å².